The SMILES string of the molecule is CCCC1CN(C)C(CC(C)C)C(=O)N1.Cc1ccc(-c2cc(C=O)no2)cc1F. The van der Waals surface area contributed by atoms with Crippen LogP contribution in [-0.4, -0.2) is 47.9 Å². The summed E-state index contributed by atoms with van der Waals surface area (Å²) < 4.78 is 18.1. The number of nitrogens with one attached hydrogen (secondary N) is 1. The van der Waals surface area contributed by atoms with Crippen molar-refractivity contribution in [1.29, 1.82) is 0 Å². The molecule has 6 nitrogen and oxygen atoms in total. The summed E-state index contributed by atoms with van der Waals surface area (Å²) in [6.45, 7) is 9.16. The molecule has 0 spiro atoms. The molecule has 0 bridgehead atoms. The topological polar surface area (TPSA) is 75.4 Å². The van der Waals surface area contributed by atoms with E-state index >= 15 is 0 Å². The maximum atomic E-state index is 13.2. The van der Waals surface area contributed by atoms with Crippen molar-refractivity contribution in [3.8, 4) is 11.3 Å². The number of piperazine rings is 1. The van der Waals surface area contributed by atoms with Gasteiger partial charge >= 0.3 is 0 Å². The van der Waals surface area contributed by atoms with Crippen molar-refractivity contribution in [1.82, 2.24) is 15.4 Å². The molecule has 7 heteroatoms. The molecule has 0 saturated carbocycles. The Kier molecular flexibility index (Phi) is 8.72. The van der Waals surface area contributed by atoms with Crippen molar-refractivity contribution >= 4 is 12.2 Å². The minimum absolute atomic E-state index is 0.0816. The highest BCUT2D eigenvalue weighted by atomic mass is 19.1. The third-order valence-electron chi connectivity index (χ3n) is 5.13. The van der Waals surface area contributed by atoms with Crippen LogP contribution in [0.5, 0.6) is 0 Å². The van der Waals surface area contributed by atoms with E-state index in [4.69, 9.17) is 4.52 Å². The van der Waals surface area contributed by atoms with Gasteiger partial charge in [-0.3, -0.25) is 14.5 Å². The van der Waals surface area contributed by atoms with E-state index in [1.807, 2.05) is 0 Å². The molecule has 0 radical (unpaired) electrons. The fraction of sp³-hybridized carbons (Fsp3) is 0.522. The normalized spacial score (nSPS) is 19.2. The number of nitrogens with zero attached hydrogens (tertiary/aromatic N) is 2. The first-order valence-electron chi connectivity index (χ1n) is 10.4. The van der Waals surface area contributed by atoms with Gasteiger partial charge in [-0.15, -0.1) is 0 Å². The molecule has 2 unspecified atom stereocenters. The Bertz CT molecular complexity index is 850. The van der Waals surface area contributed by atoms with Crippen LogP contribution in [0.1, 0.15) is 56.1 Å². The van der Waals surface area contributed by atoms with E-state index < -0.39 is 0 Å². The number of benzene rings is 1. The largest absolute Gasteiger partial charge is 0.356 e. The number of amides is 1. The minimum atomic E-state index is -0.309. The second-order valence-corrected chi connectivity index (χ2v) is 8.28. The smallest absolute Gasteiger partial charge is 0.237 e. The number of carbonyl (C=O) groups is 2. The molecule has 2 atom stereocenters. The van der Waals surface area contributed by atoms with Gasteiger partial charge in [-0.25, -0.2) is 4.39 Å². The van der Waals surface area contributed by atoms with E-state index in [2.05, 4.69) is 43.2 Å². The Labute approximate surface area is 177 Å². The Morgan fingerprint density at radius 2 is 2.10 bits per heavy atom. The van der Waals surface area contributed by atoms with Crippen LogP contribution >= 0.6 is 0 Å². The molecule has 0 aliphatic carbocycles. The molecule has 164 valence electrons. The first-order chi connectivity index (χ1) is 14.2. The lowest BCUT2D eigenvalue weighted by atomic mass is 9.98. The predicted octanol–water partition coefficient (Wildman–Crippen LogP) is 4.23. The highest BCUT2D eigenvalue weighted by Crippen LogP contribution is 2.22. The van der Waals surface area contributed by atoms with Gasteiger partial charge in [0.15, 0.2) is 12.0 Å². The fourth-order valence-electron chi connectivity index (χ4n) is 3.49. The molecule has 1 aliphatic rings. The molecular formula is C23H32FN3O3. The predicted molar refractivity (Wildman–Crippen MR) is 115 cm³/mol. The van der Waals surface area contributed by atoms with Gasteiger partial charge in [0.1, 0.15) is 11.5 Å². The van der Waals surface area contributed by atoms with Crippen LogP contribution in [0.2, 0.25) is 0 Å². The molecular weight excluding hydrogens is 385 g/mol. The first kappa shape index (κ1) is 23.7. The molecule has 1 fully saturated rings. The average molecular weight is 418 g/mol. The third-order valence-corrected chi connectivity index (χ3v) is 5.13. The number of aromatic nitrogens is 1. The van der Waals surface area contributed by atoms with E-state index in [1.165, 1.54) is 12.1 Å². The second kappa shape index (κ2) is 11.0. The summed E-state index contributed by atoms with van der Waals surface area (Å²) in [5.74, 6) is 0.870. The number of aryl methyl sites for hydroxylation is 1. The second-order valence-electron chi connectivity index (χ2n) is 8.28. The van der Waals surface area contributed by atoms with Gasteiger partial charge in [0, 0.05) is 24.2 Å². The first-order valence-corrected chi connectivity index (χ1v) is 10.4. The maximum absolute atomic E-state index is 13.2. The maximum Gasteiger partial charge on any atom is 0.237 e. The summed E-state index contributed by atoms with van der Waals surface area (Å²) in [6.07, 6.45) is 3.76. The summed E-state index contributed by atoms with van der Waals surface area (Å²) in [5.41, 5.74) is 1.33. The van der Waals surface area contributed by atoms with Crippen LogP contribution in [0.3, 0.4) is 0 Å². The summed E-state index contributed by atoms with van der Waals surface area (Å²) in [6, 6.07) is 6.62. The summed E-state index contributed by atoms with van der Waals surface area (Å²) in [4.78, 5) is 24.5. The zero-order valence-electron chi connectivity index (χ0n) is 18.4. The monoisotopic (exact) mass is 417 g/mol. The van der Waals surface area contributed by atoms with E-state index in [0.29, 0.717) is 35.1 Å². The number of halogens is 1. The van der Waals surface area contributed by atoms with Crippen LogP contribution in [0.25, 0.3) is 11.3 Å². The zero-order valence-corrected chi connectivity index (χ0v) is 18.4. The summed E-state index contributed by atoms with van der Waals surface area (Å²) >= 11 is 0. The average Bonchev–Trinajstić information content (AvgIpc) is 3.17. The molecule has 1 amide bonds. The summed E-state index contributed by atoms with van der Waals surface area (Å²) in [7, 11) is 2.06. The number of aldehydes is 1. The van der Waals surface area contributed by atoms with Crippen LogP contribution < -0.4 is 5.32 Å². The van der Waals surface area contributed by atoms with Crippen molar-refractivity contribution in [2.75, 3.05) is 13.6 Å². The van der Waals surface area contributed by atoms with Crippen molar-refractivity contribution in [3.05, 3.63) is 41.3 Å². The van der Waals surface area contributed by atoms with Crippen molar-refractivity contribution in [2.45, 2.75) is 59.0 Å². The Morgan fingerprint density at radius 3 is 2.63 bits per heavy atom. The molecule has 1 aromatic carbocycles. The zero-order chi connectivity index (χ0) is 22.3. The van der Waals surface area contributed by atoms with Gasteiger partial charge in [-0.2, -0.15) is 0 Å². The number of hydrogen-bond donors (Lipinski definition) is 1. The molecule has 3 rings (SSSR count). The van der Waals surface area contributed by atoms with Gasteiger partial charge in [-0.05, 0) is 44.4 Å². The lowest BCUT2D eigenvalue weighted by molar-refractivity contribution is -0.130. The fourth-order valence-corrected chi connectivity index (χ4v) is 3.49. The number of hydrogen-bond acceptors (Lipinski definition) is 5. The molecule has 1 aromatic heterocycles. The lowest BCUT2D eigenvalue weighted by Crippen LogP contribution is -2.58. The van der Waals surface area contributed by atoms with Crippen LogP contribution in [0, 0.1) is 18.7 Å². The van der Waals surface area contributed by atoms with E-state index in [-0.39, 0.29) is 23.5 Å². The molecule has 2 heterocycles. The Morgan fingerprint density at radius 1 is 1.37 bits per heavy atom. The Hall–Kier alpha value is -2.54. The number of rotatable bonds is 6. The van der Waals surface area contributed by atoms with Crippen molar-refractivity contribution in [2.24, 2.45) is 5.92 Å². The number of likely N-dealkylation sites (N-methyl/N-ethyl adjacent to an activating group) is 1. The van der Waals surface area contributed by atoms with Gasteiger partial charge in [0.25, 0.3) is 0 Å². The molecule has 2 aromatic rings. The van der Waals surface area contributed by atoms with Gasteiger partial charge in [0.05, 0.1) is 6.04 Å². The molecule has 1 N–H and O–H groups in total. The molecule has 1 aliphatic heterocycles. The third kappa shape index (κ3) is 6.49. The quantitative estimate of drug-likeness (QED) is 0.712. The van der Waals surface area contributed by atoms with Gasteiger partial charge < -0.3 is 9.84 Å². The van der Waals surface area contributed by atoms with E-state index in [1.54, 1.807) is 19.1 Å². The standard InChI is InChI=1S/C12H24N2O.C11H8FNO2/c1-5-6-10-8-14(4)11(7-9(2)3)12(15)13-10;1-7-2-3-8(4-10(7)12)11-5-9(6-14)13-15-11/h9-11H,5-8H2,1-4H3,(H,13,15);2-6H,1H3. The van der Waals surface area contributed by atoms with Gasteiger partial charge in [-0.1, -0.05) is 44.5 Å². The number of carbonyl (C=O) groups excluding carboxylic acids is 2. The van der Waals surface area contributed by atoms with Crippen molar-refractivity contribution < 1.29 is 18.5 Å². The van der Waals surface area contributed by atoms with E-state index in [0.717, 1.165) is 25.8 Å². The highest BCUT2D eigenvalue weighted by molar-refractivity contribution is 5.82. The van der Waals surface area contributed by atoms with Crippen molar-refractivity contribution in [3.63, 3.8) is 0 Å². The summed E-state index contributed by atoms with van der Waals surface area (Å²) in [5, 5.41) is 6.62. The van der Waals surface area contributed by atoms with Crippen LogP contribution in [-0.2, 0) is 4.79 Å². The Balaban J connectivity index is 0.000000214. The lowest BCUT2D eigenvalue weighted by Gasteiger charge is -2.37. The van der Waals surface area contributed by atoms with Crippen LogP contribution in [0.4, 0.5) is 4.39 Å². The highest BCUT2D eigenvalue weighted by Gasteiger charge is 2.31. The molecule has 30 heavy (non-hydrogen) atoms. The van der Waals surface area contributed by atoms with E-state index in [9.17, 15) is 14.0 Å². The van der Waals surface area contributed by atoms with Gasteiger partial charge in [0.2, 0.25) is 5.91 Å². The minimum Gasteiger partial charge on any atom is -0.356 e. The molecule has 1 saturated heterocycles. The van der Waals surface area contributed by atoms with Crippen LogP contribution in [0.15, 0.2) is 28.8 Å².